The maximum Gasteiger partial charge on any atom is 0.190 e. The van der Waals surface area contributed by atoms with E-state index >= 15 is 9.90 Å². The van der Waals surface area contributed by atoms with Crippen LogP contribution in [0.2, 0.25) is 0 Å². The Morgan fingerprint density at radius 3 is 2.52 bits per heavy atom. The van der Waals surface area contributed by atoms with Crippen LogP contribution in [0.15, 0.2) is 57.7 Å². The molecule has 0 amide bonds. The van der Waals surface area contributed by atoms with Gasteiger partial charge in [-0.15, -0.1) is 0 Å². The molecule has 15 heteroatoms. The number of imidazole rings is 1. The van der Waals surface area contributed by atoms with E-state index in [9.17, 15) is 25.5 Å². The average Bonchev–Trinajstić information content (AvgIpc) is 3.42. The fourth-order valence-electron chi connectivity index (χ4n) is 22.8. The van der Waals surface area contributed by atoms with Gasteiger partial charge in [0, 0.05) is 77.0 Å². The maximum absolute atomic E-state index is 15.6. The summed E-state index contributed by atoms with van der Waals surface area (Å²) in [7, 11) is 5.73. The van der Waals surface area contributed by atoms with Gasteiger partial charge in [-0.25, -0.2) is 4.98 Å². The van der Waals surface area contributed by atoms with Crippen LogP contribution in [0.3, 0.4) is 0 Å². The van der Waals surface area contributed by atoms with Crippen molar-refractivity contribution in [3.8, 4) is 0 Å². The molecule has 11 aliphatic carbocycles. The summed E-state index contributed by atoms with van der Waals surface area (Å²) in [6, 6.07) is 0.133. The molecule has 9 fully saturated rings. The molecule has 1 aliphatic heterocycles. The maximum atomic E-state index is 15.6. The van der Waals surface area contributed by atoms with Gasteiger partial charge in [-0.2, -0.15) is 0 Å². The zero-order valence-electron chi connectivity index (χ0n) is 46.7. The van der Waals surface area contributed by atoms with Crippen molar-refractivity contribution in [2.75, 3.05) is 32.5 Å². The second-order valence-corrected chi connectivity index (χ2v) is 31.6. The van der Waals surface area contributed by atoms with E-state index in [2.05, 4.69) is 47.2 Å². The van der Waals surface area contributed by atoms with Crippen LogP contribution < -0.4 is 16.4 Å². The average molecular weight is 1100 g/mol. The number of allylic oxidation sites excluding steroid dienone is 3. The molecule has 77 heavy (non-hydrogen) atoms. The number of nitrogens with zero attached hydrogens (tertiary/aromatic N) is 3. The van der Waals surface area contributed by atoms with Gasteiger partial charge in [0.2, 0.25) is 0 Å². The Kier molecular flexibility index (Phi) is 13.7. The molecule has 13 rings (SSSR count). The lowest BCUT2D eigenvalue weighted by Crippen LogP contribution is -2.69. The van der Waals surface area contributed by atoms with Gasteiger partial charge in [0.15, 0.2) is 11.7 Å². The number of rotatable bonds is 7. The third kappa shape index (κ3) is 7.80. The molecule has 0 aromatic carbocycles. The predicted octanol–water partition coefficient (Wildman–Crippen LogP) is 7.88. The molecule has 10 N–H and O–H groups in total. The van der Waals surface area contributed by atoms with Crippen molar-refractivity contribution in [2.45, 2.75) is 191 Å². The highest BCUT2D eigenvalue weighted by Crippen LogP contribution is 2.78. The third-order valence-corrected chi connectivity index (χ3v) is 28.3. The number of aliphatic hydroxyl groups is 6. The van der Waals surface area contributed by atoms with Crippen LogP contribution in [0.25, 0.3) is 0 Å². The van der Waals surface area contributed by atoms with Gasteiger partial charge < -0.3 is 51.6 Å². The Bertz CT molecular complexity index is 2600. The topological polar surface area (TPSA) is 219 Å². The fraction of sp³-hybridized carbons (Fsp3) is 0.823. The smallest absolute Gasteiger partial charge is 0.190 e. The zero-order valence-corrected chi connectivity index (χ0v) is 48.3. The van der Waals surface area contributed by atoms with Gasteiger partial charge in [-0.1, -0.05) is 83.9 Å². The first-order valence-corrected chi connectivity index (χ1v) is 32.9. The second kappa shape index (κ2) is 19.4. The summed E-state index contributed by atoms with van der Waals surface area (Å²) in [4.78, 5) is 25.2. The Balaban J connectivity index is 1.04. The number of aliphatic hydroxyl groups excluding tert-OH is 5. The number of aromatic nitrogens is 2. The summed E-state index contributed by atoms with van der Waals surface area (Å²) in [5.41, 5.74) is 10.1. The molecule has 424 valence electrons. The first-order valence-electron chi connectivity index (χ1n) is 30.6. The Morgan fingerprint density at radius 2 is 1.78 bits per heavy atom. The van der Waals surface area contributed by atoms with Crippen molar-refractivity contribution in [3.05, 3.63) is 52.7 Å². The number of hydrogen-bond donors (Lipinski definition) is 9. The van der Waals surface area contributed by atoms with Gasteiger partial charge in [0.05, 0.1) is 36.8 Å². The molecule has 1 saturated heterocycles. The highest BCUT2D eigenvalue weighted by atomic mass is 33.1. The normalized spacial score (nSPS) is 48.0. The van der Waals surface area contributed by atoms with Crippen LogP contribution in [0.5, 0.6) is 0 Å². The second-order valence-electron chi connectivity index (χ2n) is 28.8. The number of nitrogens with one attached hydrogen (secondary N) is 2. The van der Waals surface area contributed by atoms with E-state index in [0.29, 0.717) is 48.1 Å². The molecule has 2 heterocycles. The number of hydrogen-bond acceptors (Lipinski definition) is 12. The molecular weight excluding hydrogens is 1000 g/mol. The van der Waals surface area contributed by atoms with Crippen molar-refractivity contribution in [1.29, 1.82) is 0 Å². The van der Waals surface area contributed by atoms with Crippen LogP contribution in [-0.4, -0.2) is 119 Å². The number of fused-ring (bicyclic) bond motifs is 15. The summed E-state index contributed by atoms with van der Waals surface area (Å²) in [6.45, 7) is 8.98. The van der Waals surface area contributed by atoms with Gasteiger partial charge in [-0.05, 0) is 186 Å². The number of guanidine groups is 1. The molecule has 8 saturated carbocycles. The van der Waals surface area contributed by atoms with Crippen LogP contribution in [-0.2, 0) is 4.79 Å². The largest absolute Gasteiger partial charge is 0.396 e. The molecule has 21 unspecified atom stereocenters. The van der Waals surface area contributed by atoms with E-state index in [4.69, 9.17) is 10.7 Å². The van der Waals surface area contributed by atoms with Gasteiger partial charge in [-0.3, -0.25) is 9.79 Å². The van der Waals surface area contributed by atoms with E-state index in [0.717, 1.165) is 75.9 Å². The molecule has 21 atom stereocenters. The van der Waals surface area contributed by atoms with Crippen LogP contribution in [0.4, 0.5) is 0 Å². The molecule has 13 nitrogen and oxygen atoms in total. The van der Waals surface area contributed by atoms with E-state index in [1.807, 2.05) is 41.2 Å². The number of carbonyl (C=O) groups is 1. The summed E-state index contributed by atoms with van der Waals surface area (Å²) >= 11 is 0. The standard InChI is InChI=1S/C62H92N6O7S2/c1-33(70)67-56(63)66-28-36-25-60(31-69)43-23-47(62(60,75)44-22-45(71)52-42(29-64-5)54(73)46(72)27-58(52,4)50(36)44)61(16-6-7-17-61)77-76-30-38(68-19-18-65-32-68)26-57(2,3)53-41-20-34-13-14-37-11-9-15-59(37,24-34)51(41)39-12-8-10-35-21-40(43)55(74)49(53)48(35)39/h18-19,22,32-38,40,42-43,46-47,49-52,54-55,64,69-70,72-75H,6-17,20-21,23-31H2,1-5H3,(H3,63,66,67). The van der Waals surface area contributed by atoms with Crippen molar-refractivity contribution in [2.24, 2.45) is 103 Å². The van der Waals surface area contributed by atoms with Crippen molar-refractivity contribution in [3.63, 3.8) is 0 Å². The van der Waals surface area contributed by atoms with Crippen molar-refractivity contribution >= 4 is 33.3 Å². The van der Waals surface area contributed by atoms with Crippen molar-refractivity contribution in [1.82, 2.24) is 20.2 Å². The van der Waals surface area contributed by atoms with E-state index in [1.165, 1.54) is 44.1 Å². The summed E-state index contributed by atoms with van der Waals surface area (Å²) in [5, 5.41) is 82.8. The lowest BCUT2D eigenvalue weighted by molar-refractivity contribution is -0.197. The van der Waals surface area contributed by atoms with E-state index in [-0.39, 0.29) is 72.4 Å². The first kappa shape index (κ1) is 54.1. The van der Waals surface area contributed by atoms with Crippen LogP contribution in [0, 0.1) is 92.7 Å². The molecule has 12 aliphatic rings. The molecule has 0 radical (unpaired) electrons. The highest BCUT2D eigenvalue weighted by molar-refractivity contribution is 8.77. The first-order chi connectivity index (χ1) is 36.9. The number of ketones is 1. The zero-order chi connectivity index (χ0) is 53.8. The van der Waals surface area contributed by atoms with E-state index < -0.39 is 63.5 Å². The molecule has 2 spiro atoms. The molecule has 6 bridgehead atoms. The Labute approximate surface area is 465 Å². The lowest BCUT2D eigenvalue weighted by atomic mass is 9.40. The number of aliphatic imine (C=N–C) groups is 1. The van der Waals surface area contributed by atoms with Gasteiger partial charge in [0.1, 0.15) is 6.23 Å². The van der Waals surface area contributed by atoms with Gasteiger partial charge >= 0.3 is 0 Å². The predicted molar refractivity (Wildman–Crippen MR) is 303 cm³/mol. The monoisotopic (exact) mass is 1100 g/mol. The van der Waals surface area contributed by atoms with Crippen molar-refractivity contribution < 1.29 is 35.4 Å². The lowest BCUT2D eigenvalue weighted by Gasteiger charge is -2.66. The van der Waals surface area contributed by atoms with Crippen LogP contribution >= 0.6 is 21.6 Å². The molecule has 1 aromatic heterocycles. The SMILES string of the molecule is CNCC1C(O)C(O)CC2(C)C3C(=CC(=O)C12)C1(O)C2CC(C4CC5CCCC6=C5C(C(=C5CC7CCC8CCCC8(C7)C65)C(C)(C)CC(n5ccnc5)CSSC25CCCC5)C4O)C1(CO)CC3CN=C(N)NC(C)O. The molecule has 1 aromatic rings. The summed E-state index contributed by atoms with van der Waals surface area (Å²) in [5.74, 6) is -0.0730. The minimum absolute atomic E-state index is 0.0908. The Hall–Kier alpha value is -2.21. The fourth-order valence-corrected chi connectivity index (χ4v) is 26.6. The summed E-state index contributed by atoms with van der Waals surface area (Å²) in [6.07, 6.45) is 23.2. The number of nitrogens with two attached hydrogens (primary N) is 1. The van der Waals surface area contributed by atoms with E-state index in [1.54, 1.807) is 29.7 Å². The Morgan fingerprint density at radius 1 is 0.974 bits per heavy atom. The van der Waals surface area contributed by atoms with Gasteiger partial charge in [0.25, 0.3) is 0 Å². The quantitative estimate of drug-likeness (QED) is 0.0418. The van der Waals surface area contributed by atoms with Crippen LogP contribution in [0.1, 0.15) is 156 Å². The third-order valence-electron chi connectivity index (χ3n) is 24.9. The highest BCUT2D eigenvalue weighted by Gasteiger charge is 2.78. The number of carbonyl (C=O) groups excluding carboxylic acids is 1. The minimum Gasteiger partial charge on any atom is -0.396 e. The summed E-state index contributed by atoms with van der Waals surface area (Å²) < 4.78 is 1.95. The molecular formula is C62H92N6O7S2. The minimum atomic E-state index is -1.66.